The Labute approximate surface area is 150 Å². The molecule has 132 valence electrons. The summed E-state index contributed by atoms with van der Waals surface area (Å²) in [5, 5.41) is 6.14. The maximum Gasteiger partial charge on any atom is 0.256 e. The van der Waals surface area contributed by atoms with Crippen LogP contribution in [0.25, 0.3) is 0 Å². The minimum absolute atomic E-state index is 0.169. The average Bonchev–Trinajstić information content (AvgIpc) is 3.21. The normalized spacial score (nSPS) is 12.4. The van der Waals surface area contributed by atoms with E-state index in [0.717, 1.165) is 24.8 Å². The van der Waals surface area contributed by atoms with Gasteiger partial charge in [-0.25, -0.2) is 0 Å². The molecule has 3 rings (SSSR count). The van der Waals surface area contributed by atoms with Gasteiger partial charge in [0.05, 0.1) is 19.8 Å². The third-order valence-electron chi connectivity index (χ3n) is 4.22. The molecule has 0 radical (unpaired) electrons. The van der Waals surface area contributed by atoms with Crippen molar-refractivity contribution in [1.29, 1.82) is 0 Å². The van der Waals surface area contributed by atoms with Gasteiger partial charge in [-0.15, -0.1) is 11.3 Å². The second-order valence-corrected chi connectivity index (χ2v) is 6.80. The van der Waals surface area contributed by atoms with Crippen LogP contribution in [0.5, 0.6) is 11.5 Å². The molecule has 6 nitrogen and oxygen atoms in total. The Balaban J connectivity index is 1.93. The maximum absolute atomic E-state index is 12.7. The second kappa shape index (κ2) is 7.14. The summed E-state index contributed by atoms with van der Waals surface area (Å²) >= 11 is 1.48. The van der Waals surface area contributed by atoms with Crippen molar-refractivity contribution in [3.8, 4) is 11.5 Å². The van der Waals surface area contributed by atoms with Crippen molar-refractivity contribution in [1.82, 2.24) is 5.32 Å². The molecule has 1 aromatic carbocycles. The number of amides is 2. The number of rotatable bonds is 5. The predicted octanol–water partition coefficient (Wildman–Crippen LogP) is 2.87. The Hall–Kier alpha value is -2.54. The second-order valence-electron chi connectivity index (χ2n) is 5.70. The van der Waals surface area contributed by atoms with Crippen molar-refractivity contribution >= 4 is 28.2 Å². The predicted molar refractivity (Wildman–Crippen MR) is 97.2 cm³/mol. The van der Waals surface area contributed by atoms with Crippen LogP contribution >= 0.6 is 11.3 Å². The van der Waals surface area contributed by atoms with E-state index < -0.39 is 0 Å². The Morgan fingerprint density at radius 2 is 1.72 bits per heavy atom. The molecule has 0 saturated carbocycles. The molecular formula is C18H20N2O4S. The summed E-state index contributed by atoms with van der Waals surface area (Å²) < 4.78 is 10.4. The molecule has 7 heteroatoms. The minimum atomic E-state index is -0.303. The zero-order chi connectivity index (χ0) is 18.0. The number of methoxy groups -OCH3 is 2. The molecule has 0 aliphatic heterocycles. The summed E-state index contributed by atoms with van der Waals surface area (Å²) in [6.07, 6.45) is 2.87. The van der Waals surface area contributed by atoms with E-state index in [1.54, 1.807) is 25.2 Å². The highest BCUT2D eigenvalue weighted by molar-refractivity contribution is 7.17. The number of ether oxygens (including phenoxy) is 2. The van der Waals surface area contributed by atoms with Crippen LogP contribution in [0, 0.1) is 0 Å². The lowest BCUT2D eigenvalue weighted by Crippen LogP contribution is -2.21. The van der Waals surface area contributed by atoms with Crippen molar-refractivity contribution in [2.75, 3.05) is 26.6 Å². The van der Waals surface area contributed by atoms with Gasteiger partial charge in [0.15, 0.2) is 0 Å². The zero-order valence-corrected chi connectivity index (χ0v) is 15.2. The van der Waals surface area contributed by atoms with Gasteiger partial charge in [-0.05, 0) is 37.0 Å². The first-order chi connectivity index (χ1) is 12.1. The van der Waals surface area contributed by atoms with E-state index in [2.05, 4.69) is 10.6 Å². The number of fused-ring (bicyclic) bond motifs is 1. The van der Waals surface area contributed by atoms with Crippen molar-refractivity contribution < 1.29 is 19.1 Å². The number of carbonyl (C=O) groups excluding carboxylic acids is 2. The van der Waals surface area contributed by atoms with E-state index in [9.17, 15) is 9.59 Å². The molecule has 1 aromatic heterocycles. The smallest absolute Gasteiger partial charge is 0.256 e. The molecule has 0 unspecified atom stereocenters. The molecule has 1 heterocycles. The molecule has 0 fully saturated rings. The van der Waals surface area contributed by atoms with Crippen LogP contribution in [0.2, 0.25) is 0 Å². The van der Waals surface area contributed by atoms with E-state index in [1.807, 2.05) is 0 Å². The molecule has 2 aromatic rings. The van der Waals surface area contributed by atoms with E-state index in [-0.39, 0.29) is 11.8 Å². The van der Waals surface area contributed by atoms with Gasteiger partial charge in [0, 0.05) is 23.6 Å². The zero-order valence-electron chi connectivity index (χ0n) is 14.4. The van der Waals surface area contributed by atoms with Gasteiger partial charge in [-0.2, -0.15) is 0 Å². The Morgan fingerprint density at radius 3 is 2.32 bits per heavy atom. The van der Waals surface area contributed by atoms with Gasteiger partial charge >= 0.3 is 0 Å². The lowest BCUT2D eigenvalue weighted by Gasteiger charge is -2.10. The monoisotopic (exact) mass is 360 g/mol. The minimum Gasteiger partial charge on any atom is -0.497 e. The van der Waals surface area contributed by atoms with Crippen LogP contribution in [0.1, 0.15) is 37.6 Å². The number of thiophene rings is 1. The topological polar surface area (TPSA) is 76.7 Å². The van der Waals surface area contributed by atoms with Crippen LogP contribution in [0.3, 0.4) is 0 Å². The van der Waals surface area contributed by atoms with Crippen molar-refractivity contribution in [2.45, 2.75) is 19.3 Å². The largest absolute Gasteiger partial charge is 0.497 e. The summed E-state index contributed by atoms with van der Waals surface area (Å²) in [5.41, 5.74) is 2.05. The number of anilines is 1. The molecule has 2 N–H and O–H groups in total. The van der Waals surface area contributed by atoms with E-state index in [4.69, 9.17) is 9.47 Å². The van der Waals surface area contributed by atoms with Gasteiger partial charge in [0.25, 0.3) is 11.8 Å². The molecule has 0 atom stereocenters. The number of carbonyl (C=O) groups is 2. The van der Waals surface area contributed by atoms with Crippen LogP contribution in [0.15, 0.2) is 18.2 Å². The molecule has 1 aliphatic carbocycles. The van der Waals surface area contributed by atoms with Crippen LogP contribution in [0.4, 0.5) is 5.00 Å². The van der Waals surface area contributed by atoms with Gasteiger partial charge in [0.2, 0.25) is 0 Å². The summed E-state index contributed by atoms with van der Waals surface area (Å²) in [6.45, 7) is 0. The number of aryl methyl sites for hydroxylation is 1. The van der Waals surface area contributed by atoms with Gasteiger partial charge in [-0.1, -0.05) is 0 Å². The van der Waals surface area contributed by atoms with E-state index in [0.29, 0.717) is 27.6 Å². The average molecular weight is 360 g/mol. The van der Waals surface area contributed by atoms with Gasteiger partial charge in [0.1, 0.15) is 16.5 Å². The van der Waals surface area contributed by atoms with Crippen molar-refractivity contribution in [3.05, 3.63) is 39.8 Å². The standard InChI is InChI=1S/C18H20N2O4S/c1-19-17(22)15-13-5-4-6-14(13)25-18(15)20-16(21)10-7-11(23-2)9-12(8-10)24-3/h7-9H,4-6H2,1-3H3,(H,19,22)(H,20,21). The first kappa shape index (κ1) is 17.3. The number of benzene rings is 1. The Kier molecular flexibility index (Phi) is 4.94. The molecule has 25 heavy (non-hydrogen) atoms. The fraction of sp³-hybridized carbons (Fsp3) is 0.333. The van der Waals surface area contributed by atoms with Crippen LogP contribution in [-0.2, 0) is 12.8 Å². The summed E-state index contributed by atoms with van der Waals surface area (Å²) in [4.78, 5) is 26.1. The quantitative estimate of drug-likeness (QED) is 0.860. The maximum atomic E-state index is 12.7. The van der Waals surface area contributed by atoms with E-state index >= 15 is 0 Å². The first-order valence-corrected chi connectivity index (χ1v) is 8.80. The highest BCUT2D eigenvalue weighted by Gasteiger charge is 2.27. The van der Waals surface area contributed by atoms with Gasteiger partial charge < -0.3 is 20.1 Å². The van der Waals surface area contributed by atoms with Crippen molar-refractivity contribution in [2.24, 2.45) is 0 Å². The Bertz CT molecular complexity index is 806. The molecule has 2 amide bonds. The summed E-state index contributed by atoms with van der Waals surface area (Å²) in [5.74, 6) is 0.592. The summed E-state index contributed by atoms with van der Waals surface area (Å²) in [6, 6.07) is 4.98. The highest BCUT2D eigenvalue weighted by atomic mass is 32.1. The Morgan fingerprint density at radius 1 is 1.04 bits per heavy atom. The number of hydrogen-bond acceptors (Lipinski definition) is 5. The molecule has 0 bridgehead atoms. The third-order valence-corrected chi connectivity index (χ3v) is 5.42. The lowest BCUT2D eigenvalue weighted by molar-refractivity contribution is 0.0963. The number of nitrogens with one attached hydrogen (secondary N) is 2. The van der Waals surface area contributed by atoms with Crippen LogP contribution in [-0.4, -0.2) is 33.1 Å². The molecule has 1 aliphatic rings. The van der Waals surface area contributed by atoms with Gasteiger partial charge in [-0.3, -0.25) is 9.59 Å². The van der Waals surface area contributed by atoms with E-state index in [1.165, 1.54) is 30.4 Å². The van der Waals surface area contributed by atoms with Crippen LogP contribution < -0.4 is 20.1 Å². The first-order valence-electron chi connectivity index (χ1n) is 7.98. The lowest BCUT2D eigenvalue weighted by atomic mass is 10.1. The number of hydrogen-bond donors (Lipinski definition) is 2. The molecular weight excluding hydrogens is 340 g/mol. The third kappa shape index (κ3) is 3.32. The van der Waals surface area contributed by atoms with Crippen molar-refractivity contribution in [3.63, 3.8) is 0 Å². The molecule has 0 saturated heterocycles. The summed E-state index contributed by atoms with van der Waals surface area (Å²) in [7, 11) is 4.66. The highest BCUT2D eigenvalue weighted by Crippen LogP contribution is 2.39. The fourth-order valence-electron chi connectivity index (χ4n) is 2.97. The SMILES string of the molecule is CNC(=O)c1c(NC(=O)c2cc(OC)cc(OC)c2)sc2c1CCC2. The molecule has 0 spiro atoms. The fourth-order valence-corrected chi connectivity index (χ4v) is 4.25.